The minimum absolute atomic E-state index is 0. The molecule has 0 N–H and O–H groups in total. The second-order valence-corrected chi connectivity index (χ2v) is 2.05. The summed E-state index contributed by atoms with van der Waals surface area (Å²) in [6.07, 6.45) is -13.8. The van der Waals surface area contributed by atoms with Crippen molar-refractivity contribution in [1.29, 1.82) is 0 Å². The van der Waals surface area contributed by atoms with Crippen molar-refractivity contribution in [2.24, 2.45) is 0 Å². The second kappa shape index (κ2) is 8.77. The van der Waals surface area contributed by atoms with E-state index in [1.54, 1.807) is 6.92 Å². The predicted octanol–water partition coefficient (Wildman–Crippen LogP) is 3.50. The summed E-state index contributed by atoms with van der Waals surface area (Å²) >= 11 is 0. The molecule has 0 aromatic rings. The zero-order chi connectivity index (χ0) is 12.2. The first-order valence-electron chi connectivity index (χ1n) is 3.38. The Hall–Kier alpha value is 0.731. The summed E-state index contributed by atoms with van der Waals surface area (Å²) in [6.45, 7) is 7.28. The Labute approximate surface area is 114 Å². The molecule has 16 heavy (non-hydrogen) atoms. The zero-order valence-corrected chi connectivity index (χ0v) is 11.9. The monoisotopic (exact) mass is 297 g/mol. The van der Waals surface area contributed by atoms with Gasteiger partial charge < -0.3 is 13.8 Å². The van der Waals surface area contributed by atoms with Gasteiger partial charge in [-0.05, 0) is 0 Å². The van der Waals surface area contributed by atoms with Gasteiger partial charge in [0.2, 0.25) is 0 Å². The van der Waals surface area contributed by atoms with Crippen LogP contribution < -0.4 is 0 Å². The fraction of sp³-hybridized carbons (Fsp3) is 0.714. The SMILES string of the molecule is [CH2-]C.[CH2-]CC(F)(C(F)(F)F)C(F)(F)F.[Li].[Zn+2]. The minimum atomic E-state index is -5.97. The van der Waals surface area contributed by atoms with Crippen LogP contribution in [0.1, 0.15) is 13.3 Å². The van der Waals surface area contributed by atoms with Crippen LogP contribution in [0.3, 0.4) is 0 Å². The van der Waals surface area contributed by atoms with Crippen LogP contribution in [-0.2, 0) is 19.5 Å². The Morgan fingerprint density at radius 1 is 0.812 bits per heavy atom. The third-order valence-electron chi connectivity index (χ3n) is 1.24. The van der Waals surface area contributed by atoms with Crippen molar-refractivity contribution in [2.75, 3.05) is 0 Å². The van der Waals surface area contributed by atoms with E-state index in [9.17, 15) is 30.7 Å². The molecule has 0 aliphatic rings. The molecule has 0 aromatic heterocycles. The van der Waals surface area contributed by atoms with Crippen LogP contribution in [0.25, 0.3) is 0 Å². The smallest absolute Gasteiger partial charge is 0.346 e. The van der Waals surface area contributed by atoms with Gasteiger partial charge in [0.1, 0.15) is 0 Å². The van der Waals surface area contributed by atoms with Crippen molar-refractivity contribution in [2.45, 2.75) is 31.4 Å². The van der Waals surface area contributed by atoms with E-state index in [1.807, 2.05) is 0 Å². The first kappa shape index (κ1) is 25.5. The standard InChI is InChI=1S/C5H4F7.C2H5.Li.Zn/c1-2-3(6,4(7,8)9)5(10,11)12;1-2;;/h1-2H2;1H2,2H3;;/q2*-1;;+2. The van der Waals surface area contributed by atoms with E-state index < -0.39 is 24.4 Å². The van der Waals surface area contributed by atoms with Gasteiger partial charge in [-0.1, -0.05) is 0 Å². The summed E-state index contributed by atoms with van der Waals surface area (Å²) in [5, 5.41) is 0. The van der Waals surface area contributed by atoms with Gasteiger partial charge in [-0.3, -0.25) is 0 Å². The average molecular weight is 298 g/mol. The molecule has 0 atom stereocenters. The second-order valence-electron chi connectivity index (χ2n) is 2.05. The first-order valence-corrected chi connectivity index (χ1v) is 3.38. The van der Waals surface area contributed by atoms with E-state index in [0.29, 0.717) is 0 Å². The molecule has 0 nitrogen and oxygen atoms in total. The molecule has 0 spiro atoms. The zero-order valence-electron chi connectivity index (χ0n) is 8.97. The summed E-state index contributed by atoms with van der Waals surface area (Å²) in [5.41, 5.74) is -5.19. The van der Waals surface area contributed by atoms with Gasteiger partial charge in [0.05, 0.1) is 0 Å². The van der Waals surface area contributed by atoms with Crippen LogP contribution in [0.15, 0.2) is 0 Å². The Kier molecular flexibility index (Phi) is 14.0. The summed E-state index contributed by atoms with van der Waals surface area (Å²) in [6, 6.07) is 0. The van der Waals surface area contributed by atoms with Gasteiger partial charge >= 0.3 is 31.8 Å². The van der Waals surface area contributed by atoms with Crippen molar-refractivity contribution in [3.63, 3.8) is 0 Å². The van der Waals surface area contributed by atoms with Crippen LogP contribution >= 0.6 is 0 Å². The molecule has 9 heteroatoms. The van der Waals surface area contributed by atoms with Crippen molar-refractivity contribution in [3.05, 3.63) is 13.8 Å². The van der Waals surface area contributed by atoms with Crippen molar-refractivity contribution < 1.29 is 50.2 Å². The number of hydrogen-bond acceptors (Lipinski definition) is 0. The van der Waals surface area contributed by atoms with E-state index in [0.717, 1.165) is 0 Å². The molecule has 0 rings (SSSR count). The fourth-order valence-corrected chi connectivity index (χ4v) is 0.444. The van der Waals surface area contributed by atoms with Gasteiger partial charge in [0.15, 0.2) is 0 Å². The van der Waals surface area contributed by atoms with Gasteiger partial charge in [0.25, 0.3) is 5.67 Å². The van der Waals surface area contributed by atoms with Crippen LogP contribution in [0, 0.1) is 13.8 Å². The van der Waals surface area contributed by atoms with Gasteiger partial charge in [-0.25, -0.2) is 4.39 Å². The third kappa shape index (κ3) is 5.88. The molecule has 0 aliphatic heterocycles. The van der Waals surface area contributed by atoms with Gasteiger partial charge in [-0.15, -0.1) is 6.42 Å². The number of halogens is 7. The Bertz CT molecular complexity index is 151. The summed E-state index contributed by atoms with van der Waals surface area (Å²) < 4.78 is 81.0. The Balaban J connectivity index is -0.000000169. The quantitative estimate of drug-likeness (QED) is 0.395. The van der Waals surface area contributed by atoms with Gasteiger partial charge in [-0.2, -0.15) is 33.3 Å². The molecule has 0 saturated heterocycles. The predicted molar refractivity (Wildman–Crippen MR) is 42.7 cm³/mol. The van der Waals surface area contributed by atoms with Crippen molar-refractivity contribution in [3.8, 4) is 0 Å². The van der Waals surface area contributed by atoms with Crippen molar-refractivity contribution in [1.82, 2.24) is 0 Å². The molecule has 0 amide bonds. The van der Waals surface area contributed by atoms with Gasteiger partial charge in [0, 0.05) is 18.9 Å². The van der Waals surface area contributed by atoms with E-state index in [-0.39, 0.29) is 38.3 Å². The van der Waals surface area contributed by atoms with E-state index in [2.05, 4.69) is 13.8 Å². The van der Waals surface area contributed by atoms with Crippen molar-refractivity contribution >= 4 is 18.9 Å². The average Bonchev–Trinajstić information content (AvgIpc) is 2.02. The molecule has 1 radical (unpaired) electrons. The largest absolute Gasteiger partial charge is 2.00 e. The first-order chi connectivity index (χ1) is 6.06. The Morgan fingerprint density at radius 3 is 1.00 bits per heavy atom. The number of alkyl halides is 7. The number of rotatable bonds is 1. The molecule has 0 unspecified atom stereocenters. The molecular weight excluding hydrogens is 289 g/mol. The summed E-state index contributed by atoms with van der Waals surface area (Å²) in [7, 11) is 0. The van der Waals surface area contributed by atoms with Crippen LogP contribution in [0.2, 0.25) is 0 Å². The van der Waals surface area contributed by atoms with Crippen LogP contribution in [0.5, 0.6) is 0 Å². The summed E-state index contributed by atoms with van der Waals surface area (Å²) in [4.78, 5) is 0. The minimum Gasteiger partial charge on any atom is -0.346 e. The molecule has 0 aromatic carbocycles. The maximum Gasteiger partial charge on any atom is 2.00 e. The van der Waals surface area contributed by atoms with E-state index in [1.165, 1.54) is 0 Å². The maximum absolute atomic E-state index is 12.2. The van der Waals surface area contributed by atoms with Crippen LogP contribution in [-0.4, -0.2) is 36.9 Å². The molecule has 0 heterocycles. The van der Waals surface area contributed by atoms with E-state index >= 15 is 0 Å². The Morgan fingerprint density at radius 2 is 1.00 bits per heavy atom. The third-order valence-corrected chi connectivity index (χ3v) is 1.24. The molecule has 0 fully saturated rings. The maximum atomic E-state index is 12.2. The molecule has 0 saturated carbocycles. The fourth-order valence-electron chi connectivity index (χ4n) is 0.444. The molecule has 0 aliphatic carbocycles. The normalized spacial score (nSPS) is 11.6. The number of hydrogen-bond donors (Lipinski definition) is 0. The summed E-state index contributed by atoms with van der Waals surface area (Å²) in [5.74, 6) is 0. The van der Waals surface area contributed by atoms with E-state index in [4.69, 9.17) is 0 Å². The molecule has 0 bridgehead atoms. The molecule has 89 valence electrons. The molecular formula is C7H9F7LiZn. The van der Waals surface area contributed by atoms with Crippen LogP contribution in [0.4, 0.5) is 30.7 Å². The topological polar surface area (TPSA) is 0 Å².